The Labute approximate surface area is 146 Å². The molecule has 0 aliphatic carbocycles. The Bertz CT molecular complexity index is 777. The predicted molar refractivity (Wildman–Crippen MR) is 89.8 cm³/mol. The quantitative estimate of drug-likeness (QED) is 0.205. The number of hydrazone groups is 1. The number of alkyl halides is 3. The van der Waals surface area contributed by atoms with E-state index in [1.807, 2.05) is 0 Å². The lowest BCUT2D eigenvalue weighted by molar-refractivity contribution is -0.137. The van der Waals surface area contributed by atoms with Gasteiger partial charge in [-0.05, 0) is 42.5 Å². The molecular weight excluding hydrogens is 354 g/mol. The van der Waals surface area contributed by atoms with Crippen molar-refractivity contribution < 1.29 is 22.7 Å². The summed E-state index contributed by atoms with van der Waals surface area (Å²) < 4.78 is 51.4. The van der Waals surface area contributed by atoms with Crippen molar-refractivity contribution in [2.45, 2.75) is 6.18 Å². The Morgan fingerprint density at radius 1 is 1.15 bits per heavy atom. The van der Waals surface area contributed by atoms with Crippen molar-refractivity contribution in [2.24, 2.45) is 16.7 Å². The van der Waals surface area contributed by atoms with Gasteiger partial charge >= 0.3 is 6.18 Å². The summed E-state index contributed by atoms with van der Waals surface area (Å²) in [5, 5.41) is 16.4. The monoisotopic (exact) mass is 371 g/mol. The lowest BCUT2D eigenvalue weighted by Gasteiger charge is -2.15. The molecule has 0 heterocycles. The Morgan fingerprint density at radius 2 is 1.81 bits per heavy atom. The molecule has 0 spiro atoms. The normalized spacial score (nSPS) is 12.2. The number of halogens is 4. The molecule has 0 radical (unpaired) electrons. The van der Waals surface area contributed by atoms with Crippen molar-refractivity contribution >= 4 is 17.2 Å². The zero-order valence-corrected chi connectivity index (χ0v) is 13.5. The molecule has 2 aromatic carbocycles. The number of aliphatic hydroxyl groups is 1. The maximum Gasteiger partial charge on any atom is 0.416 e. The third-order valence-corrected chi connectivity index (χ3v) is 3.31. The van der Waals surface area contributed by atoms with Crippen LogP contribution in [0.3, 0.4) is 0 Å². The number of aliphatic hydroxyl groups excluding tert-OH is 1. The molecular formula is C16H17F4N5O. The molecule has 140 valence electrons. The average molecular weight is 371 g/mol. The first-order chi connectivity index (χ1) is 12.2. The van der Waals surface area contributed by atoms with E-state index in [2.05, 4.69) is 10.4 Å². The van der Waals surface area contributed by atoms with Crippen molar-refractivity contribution in [1.82, 2.24) is 5.12 Å². The molecule has 0 fully saturated rings. The van der Waals surface area contributed by atoms with E-state index < -0.39 is 17.6 Å². The van der Waals surface area contributed by atoms with Crippen molar-refractivity contribution in [3.05, 3.63) is 59.4 Å². The fraction of sp³-hybridized carbons (Fsp3) is 0.188. The highest BCUT2D eigenvalue weighted by Crippen LogP contribution is 2.30. The van der Waals surface area contributed by atoms with Gasteiger partial charge in [0.1, 0.15) is 5.82 Å². The minimum atomic E-state index is -4.44. The van der Waals surface area contributed by atoms with E-state index >= 15 is 0 Å². The number of hydrazine groups is 1. The molecule has 0 aliphatic heterocycles. The second kappa shape index (κ2) is 8.02. The first kappa shape index (κ1) is 19.5. The van der Waals surface area contributed by atoms with Gasteiger partial charge in [0.2, 0.25) is 0 Å². The Balaban J connectivity index is 2.30. The molecule has 26 heavy (non-hydrogen) atoms. The summed E-state index contributed by atoms with van der Waals surface area (Å²) in [6.45, 7) is -0.245. The summed E-state index contributed by atoms with van der Waals surface area (Å²) >= 11 is 0. The topological polar surface area (TPSA) is 99.9 Å². The van der Waals surface area contributed by atoms with Crippen LogP contribution in [0.5, 0.6) is 0 Å². The highest BCUT2D eigenvalue weighted by molar-refractivity contribution is 6.02. The third-order valence-electron chi connectivity index (χ3n) is 3.31. The van der Waals surface area contributed by atoms with Gasteiger partial charge in [-0.1, -0.05) is 0 Å². The number of amidine groups is 1. The highest BCUT2D eigenvalue weighted by Gasteiger charge is 2.29. The number of anilines is 2. The minimum absolute atomic E-state index is 0.0116. The minimum Gasteiger partial charge on any atom is -0.394 e. The van der Waals surface area contributed by atoms with Crippen LogP contribution < -0.4 is 16.9 Å². The summed E-state index contributed by atoms with van der Waals surface area (Å²) in [4.78, 5) is 0. The molecule has 0 bridgehead atoms. The number of nitrogens with two attached hydrogens (primary N) is 2. The number of nitrogens with zero attached hydrogens (tertiary/aromatic N) is 2. The number of benzene rings is 2. The zero-order chi connectivity index (χ0) is 19.3. The molecule has 6 N–H and O–H groups in total. The molecule has 0 amide bonds. The molecule has 6 nitrogen and oxygen atoms in total. The van der Waals surface area contributed by atoms with Crippen LogP contribution in [0.4, 0.5) is 28.9 Å². The van der Waals surface area contributed by atoms with Crippen LogP contribution in [0.15, 0.2) is 47.6 Å². The number of rotatable bonds is 6. The first-order valence-electron chi connectivity index (χ1n) is 7.42. The summed E-state index contributed by atoms with van der Waals surface area (Å²) in [6, 6.07) is 7.97. The summed E-state index contributed by atoms with van der Waals surface area (Å²) in [7, 11) is 0. The van der Waals surface area contributed by atoms with E-state index in [0.717, 1.165) is 29.4 Å². The maximum absolute atomic E-state index is 13.6. The molecule has 2 rings (SSSR count). The molecule has 0 aliphatic rings. The van der Waals surface area contributed by atoms with E-state index in [-0.39, 0.29) is 24.6 Å². The Kier molecular flexibility index (Phi) is 6.01. The smallest absolute Gasteiger partial charge is 0.394 e. The van der Waals surface area contributed by atoms with Crippen LogP contribution in [-0.2, 0) is 6.18 Å². The molecule has 0 atom stereocenters. The van der Waals surface area contributed by atoms with E-state index in [4.69, 9.17) is 16.7 Å². The van der Waals surface area contributed by atoms with Crippen LogP contribution in [0.1, 0.15) is 11.1 Å². The SMILES string of the molecule is N/C(=N\N(N)CCO)c1cc(F)ccc1Nc1ccc(C(F)(F)F)cc1. The Hall–Kier alpha value is -2.85. The van der Waals surface area contributed by atoms with Gasteiger partial charge < -0.3 is 16.2 Å². The van der Waals surface area contributed by atoms with E-state index in [9.17, 15) is 17.6 Å². The van der Waals surface area contributed by atoms with Crippen LogP contribution >= 0.6 is 0 Å². The molecule has 2 aromatic rings. The largest absolute Gasteiger partial charge is 0.416 e. The molecule has 0 unspecified atom stereocenters. The van der Waals surface area contributed by atoms with Gasteiger partial charge in [-0.2, -0.15) is 13.2 Å². The van der Waals surface area contributed by atoms with Crippen LogP contribution in [0, 0.1) is 5.82 Å². The maximum atomic E-state index is 13.6. The van der Waals surface area contributed by atoms with Crippen LogP contribution in [0.2, 0.25) is 0 Å². The fourth-order valence-electron chi connectivity index (χ4n) is 2.08. The Morgan fingerprint density at radius 3 is 2.38 bits per heavy atom. The second-order valence-electron chi connectivity index (χ2n) is 5.26. The van der Waals surface area contributed by atoms with Crippen molar-refractivity contribution in [3.8, 4) is 0 Å². The van der Waals surface area contributed by atoms with Crippen LogP contribution in [-0.4, -0.2) is 29.2 Å². The number of hydrogen-bond donors (Lipinski definition) is 4. The van der Waals surface area contributed by atoms with Crippen molar-refractivity contribution in [2.75, 3.05) is 18.5 Å². The highest BCUT2D eigenvalue weighted by atomic mass is 19.4. The predicted octanol–water partition coefficient (Wildman–Crippen LogP) is 2.38. The summed E-state index contributed by atoms with van der Waals surface area (Å²) in [5.74, 6) is 4.79. The van der Waals surface area contributed by atoms with Crippen LogP contribution in [0.25, 0.3) is 0 Å². The molecule has 0 saturated carbocycles. The van der Waals surface area contributed by atoms with E-state index in [1.54, 1.807) is 0 Å². The molecule has 10 heteroatoms. The van der Waals surface area contributed by atoms with Gasteiger partial charge in [-0.3, -0.25) is 0 Å². The van der Waals surface area contributed by atoms with Gasteiger partial charge in [0.15, 0.2) is 5.84 Å². The van der Waals surface area contributed by atoms with Gasteiger partial charge in [0, 0.05) is 16.9 Å². The summed E-state index contributed by atoms with van der Waals surface area (Å²) in [5.41, 5.74) is 5.87. The van der Waals surface area contributed by atoms with Gasteiger partial charge in [-0.25, -0.2) is 15.4 Å². The number of hydrogen-bond acceptors (Lipinski definition) is 5. The van der Waals surface area contributed by atoms with E-state index in [0.29, 0.717) is 11.4 Å². The molecule has 0 aromatic heterocycles. The lowest BCUT2D eigenvalue weighted by atomic mass is 10.1. The average Bonchev–Trinajstić information content (AvgIpc) is 2.56. The first-order valence-corrected chi connectivity index (χ1v) is 7.42. The van der Waals surface area contributed by atoms with Crippen molar-refractivity contribution in [1.29, 1.82) is 0 Å². The lowest BCUT2D eigenvalue weighted by Crippen LogP contribution is -2.32. The van der Waals surface area contributed by atoms with Gasteiger partial charge in [0.05, 0.1) is 18.7 Å². The van der Waals surface area contributed by atoms with Gasteiger partial charge in [-0.15, -0.1) is 5.10 Å². The second-order valence-corrected chi connectivity index (χ2v) is 5.26. The standard InChI is InChI=1S/C16H17F4N5O/c17-11-3-6-14(13(9-11)15(21)24-25(22)7-8-26)23-12-4-1-10(2-5-12)16(18,19)20/h1-6,9,23,26H,7-8,22H2,(H2,21,24). The molecule has 0 saturated heterocycles. The van der Waals surface area contributed by atoms with Crippen molar-refractivity contribution in [3.63, 3.8) is 0 Å². The van der Waals surface area contributed by atoms with Gasteiger partial charge in [0.25, 0.3) is 0 Å². The summed E-state index contributed by atoms with van der Waals surface area (Å²) in [6.07, 6.45) is -4.44. The fourth-order valence-corrected chi connectivity index (χ4v) is 2.08. The number of nitrogens with one attached hydrogen (secondary N) is 1. The third kappa shape index (κ3) is 5.07. The zero-order valence-electron chi connectivity index (χ0n) is 13.5. The van der Waals surface area contributed by atoms with E-state index in [1.165, 1.54) is 18.2 Å².